The first-order valence-corrected chi connectivity index (χ1v) is 9.08. The van der Waals surface area contributed by atoms with Crippen LogP contribution in [0.15, 0.2) is 12.1 Å². The second kappa shape index (κ2) is 4.85. The van der Waals surface area contributed by atoms with E-state index in [4.69, 9.17) is 21.7 Å². The topological polar surface area (TPSA) is 30.5 Å². The second-order valence-corrected chi connectivity index (χ2v) is 8.34. The minimum Gasteiger partial charge on any atom is -0.487 e. The van der Waals surface area contributed by atoms with Crippen LogP contribution in [0.5, 0.6) is 11.5 Å². The van der Waals surface area contributed by atoms with Crippen LogP contribution in [-0.4, -0.2) is 22.7 Å². The highest BCUT2D eigenvalue weighted by molar-refractivity contribution is 7.80. The van der Waals surface area contributed by atoms with Crippen molar-refractivity contribution in [3.63, 3.8) is 0 Å². The molecule has 3 aliphatic rings. The number of thiocarbonyl (C=S) groups is 1. The van der Waals surface area contributed by atoms with E-state index in [1.165, 1.54) is 5.56 Å². The number of benzene rings is 1. The molecule has 1 aliphatic carbocycles. The maximum Gasteiger partial charge on any atom is 0.137 e. The second-order valence-electron chi connectivity index (χ2n) is 7.93. The Bertz CT molecular complexity index is 684. The van der Waals surface area contributed by atoms with E-state index in [0.29, 0.717) is 11.8 Å². The molecule has 0 aromatic heterocycles. The molecule has 0 spiro atoms. The molecule has 3 nitrogen and oxygen atoms in total. The van der Waals surface area contributed by atoms with Crippen LogP contribution in [-0.2, 0) is 0 Å². The summed E-state index contributed by atoms with van der Waals surface area (Å²) in [5, 5.41) is 3.26. The molecular weight excluding hydrogens is 306 g/mol. The van der Waals surface area contributed by atoms with Gasteiger partial charge in [0.15, 0.2) is 0 Å². The molecule has 1 aromatic carbocycles. The molecule has 3 atom stereocenters. The van der Waals surface area contributed by atoms with Crippen LogP contribution < -0.4 is 14.8 Å². The van der Waals surface area contributed by atoms with Crippen LogP contribution in [0, 0.1) is 5.92 Å². The number of hydrogen-bond donors (Lipinski definition) is 1. The minimum absolute atomic E-state index is 0.0252. The molecule has 1 aromatic rings. The molecule has 124 valence electrons. The van der Waals surface area contributed by atoms with Crippen LogP contribution in [0.2, 0.25) is 0 Å². The van der Waals surface area contributed by atoms with Gasteiger partial charge in [0.1, 0.15) is 27.7 Å². The van der Waals surface area contributed by atoms with Gasteiger partial charge in [-0.25, -0.2) is 0 Å². The lowest BCUT2D eigenvalue weighted by Gasteiger charge is -2.55. The van der Waals surface area contributed by atoms with Crippen molar-refractivity contribution in [3.8, 4) is 11.5 Å². The third kappa shape index (κ3) is 2.18. The van der Waals surface area contributed by atoms with Crippen LogP contribution in [0.1, 0.15) is 64.0 Å². The Morgan fingerprint density at radius 1 is 1.30 bits per heavy atom. The van der Waals surface area contributed by atoms with E-state index in [1.54, 1.807) is 0 Å². The summed E-state index contributed by atoms with van der Waals surface area (Å²) in [6.45, 7) is 9.59. The van der Waals surface area contributed by atoms with Gasteiger partial charge in [-0.2, -0.15) is 0 Å². The summed E-state index contributed by atoms with van der Waals surface area (Å²) in [7, 11) is 0. The van der Waals surface area contributed by atoms with Crippen molar-refractivity contribution in [1.29, 1.82) is 0 Å². The maximum atomic E-state index is 6.52. The molecule has 1 unspecified atom stereocenters. The molecule has 1 saturated carbocycles. The molecule has 4 heteroatoms. The predicted octanol–water partition coefficient (Wildman–Crippen LogP) is 4.18. The number of nitrogens with one attached hydrogen (secondary N) is 1. The molecule has 0 amide bonds. The highest BCUT2D eigenvalue weighted by Gasteiger charge is 2.54. The van der Waals surface area contributed by atoms with Crippen LogP contribution in [0.4, 0.5) is 0 Å². The first-order valence-electron chi connectivity index (χ1n) is 8.68. The molecule has 0 saturated heterocycles. The van der Waals surface area contributed by atoms with E-state index < -0.39 is 0 Å². The maximum absolute atomic E-state index is 6.52. The number of ether oxygens (including phenoxy) is 2. The van der Waals surface area contributed by atoms with E-state index in [1.807, 2.05) is 0 Å². The fourth-order valence-corrected chi connectivity index (χ4v) is 5.07. The van der Waals surface area contributed by atoms with Gasteiger partial charge in [-0.05, 0) is 59.1 Å². The van der Waals surface area contributed by atoms with Gasteiger partial charge in [-0.15, -0.1) is 0 Å². The predicted molar refractivity (Wildman–Crippen MR) is 95.6 cm³/mol. The Kier molecular flexibility index (Phi) is 3.22. The summed E-state index contributed by atoms with van der Waals surface area (Å²) < 4.78 is 12.9. The lowest BCUT2D eigenvalue weighted by Crippen LogP contribution is -2.54. The standard InChI is InChI=1S/C19H25NO2S/c1-5-20-17(23)11-6-7-14-15-12-10-19(4,21-14)9-8-13(12)18(2,3)22-16(11)15/h6-7,12-13H,5,8-10H2,1-4H3,(H,20,23)/t12?,13-,19+/m1/s1. The smallest absolute Gasteiger partial charge is 0.137 e. The first-order chi connectivity index (χ1) is 10.8. The Balaban J connectivity index is 1.91. The van der Waals surface area contributed by atoms with Crippen molar-refractivity contribution < 1.29 is 9.47 Å². The van der Waals surface area contributed by atoms with Crippen molar-refractivity contribution in [3.05, 3.63) is 23.3 Å². The summed E-state index contributed by atoms with van der Waals surface area (Å²) >= 11 is 5.57. The molecular formula is C19H25NO2S. The average molecular weight is 331 g/mol. The van der Waals surface area contributed by atoms with Gasteiger partial charge >= 0.3 is 0 Å². The monoisotopic (exact) mass is 331 g/mol. The van der Waals surface area contributed by atoms with Crippen LogP contribution in [0.25, 0.3) is 0 Å². The largest absolute Gasteiger partial charge is 0.487 e. The molecule has 2 aliphatic heterocycles. The van der Waals surface area contributed by atoms with E-state index in [0.717, 1.165) is 47.9 Å². The van der Waals surface area contributed by atoms with E-state index in [-0.39, 0.29) is 11.2 Å². The fraction of sp³-hybridized carbons (Fsp3) is 0.632. The van der Waals surface area contributed by atoms with Gasteiger partial charge in [0, 0.05) is 23.9 Å². The Morgan fingerprint density at radius 2 is 2.09 bits per heavy atom. The molecule has 4 rings (SSSR count). The lowest BCUT2D eigenvalue weighted by molar-refractivity contribution is -0.0727. The Morgan fingerprint density at radius 3 is 2.83 bits per heavy atom. The van der Waals surface area contributed by atoms with Gasteiger partial charge < -0.3 is 14.8 Å². The summed E-state index contributed by atoms with van der Waals surface area (Å²) in [6.07, 6.45) is 3.35. The third-order valence-corrected chi connectivity index (χ3v) is 6.21. The highest BCUT2D eigenvalue weighted by Crippen LogP contribution is 2.60. The zero-order chi connectivity index (χ0) is 16.4. The Labute approximate surface area is 143 Å². The normalized spacial score (nSPS) is 32.5. The SMILES string of the molecule is CCNC(=S)c1ccc2c3c1OC(C)(C)[C@@H]1CC[C@@](C)(CC31)O2. The summed E-state index contributed by atoms with van der Waals surface area (Å²) in [4.78, 5) is 0.767. The number of hydrogen-bond acceptors (Lipinski definition) is 3. The molecule has 2 bridgehead atoms. The van der Waals surface area contributed by atoms with Crippen molar-refractivity contribution in [1.82, 2.24) is 5.32 Å². The molecule has 1 fully saturated rings. The van der Waals surface area contributed by atoms with Gasteiger partial charge in [0.05, 0.1) is 5.56 Å². The molecule has 23 heavy (non-hydrogen) atoms. The average Bonchev–Trinajstić information content (AvgIpc) is 2.45. The van der Waals surface area contributed by atoms with E-state index in [2.05, 4.69) is 45.1 Å². The van der Waals surface area contributed by atoms with Gasteiger partial charge in [-0.1, -0.05) is 12.2 Å². The summed E-state index contributed by atoms with van der Waals surface area (Å²) in [5.74, 6) is 3.01. The van der Waals surface area contributed by atoms with Crippen molar-refractivity contribution in [2.75, 3.05) is 6.54 Å². The molecule has 1 N–H and O–H groups in total. The lowest BCUT2D eigenvalue weighted by atomic mass is 9.61. The zero-order valence-electron chi connectivity index (χ0n) is 14.4. The minimum atomic E-state index is -0.161. The fourth-order valence-electron chi connectivity index (χ4n) is 4.77. The highest BCUT2D eigenvalue weighted by atomic mass is 32.1. The van der Waals surface area contributed by atoms with Gasteiger partial charge in [0.2, 0.25) is 0 Å². The van der Waals surface area contributed by atoms with Crippen molar-refractivity contribution >= 4 is 17.2 Å². The van der Waals surface area contributed by atoms with Crippen molar-refractivity contribution in [2.24, 2.45) is 5.92 Å². The van der Waals surface area contributed by atoms with Gasteiger partial charge in [-0.3, -0.25) is 0 Å². The zero-order valence-corrected chi connectivity index (χ0v) is 15.2. The number of rotatable bonds is 2. The van der Waals surface area contributed by atoms with Crippen molar-refractivity contribution in [2.45, 2.75) is 64.1 Å². The molecule has 0 radical (unpaired) electrons. The molecule has 2 heterocycles. The Hall–Kier alpha value is -1.29. The quantitative estimate of drug-likeness (QED) is 0.824. The van der Waals surface area contributed by atoms with Gasteiger partial charge in [0.25, 0.3) is 0 Å². The van der Waals surface area contributed by atoms with E-state index in [9.17, 15) is 0 Å². The third-order valence-electron chi connectivity index (χ3n) is 5.84. The summed E-state index contributed by atoms with van der Waals surface area (Å²) in [6, 6.07) is 4.15. The first kappa shape index (κ1) is 15.3. The van der Waals surface area contributed by atoms with E-state index >= 15 is 0 Å². The van der Waals surface area contributed by atoms with Crippen LogP contribution in [0.3, 0.4) is 0 Å². The van der Waals surface area contributed by atoms with Crippen LogP contribution >= 0.6 is 12.2 Å². The summed E-state index contributed by atoms with van der Waals surface area (Å²) in [5.41, 5.74) is 2.07. The number of fused-ring (bicyclic) bond motifs is 1.